The van der Waals surface area contributed by atoms with Crippen molar-refractivity contribution < 1.29 is 23.5 Å². The van der Waals surface area contributed by atoms with Crippen molar-refractivity contribution in [3.63, 3.8) is 0 Å². The molecule has 1 atom stereocenters. The van der Waals surface area contributed by atoms with Crippen molar-refractivity contribution in [1.82, 2.24) is 0 Å². The molecule has 0 aliphatic heterocycles. The van der Waals surface area contributed by atoms with Crippen LogP contribution in [0, 0.1) is 5.82 Å². The molecular weight excluding hydrogens is 227 g/mol. The second-order valence-electron chi connectivity index (χ2n) is 3.48. The highest BCUT2D eigenvalue weighted by Gasteiger charge is 2.17. The van der Waals surface area contributed by atoms with Crippen LogP contribution >= 0.6 is 0 Å². The number of Topliss-reactive ketones (excluding diaryl/α,β-unsaturated/α-hetero) is 1. The molecule has 0 aromatic heterocycles. The molecule has 0 saturated carbocycles. The topological polar surface area (TPSA) is 52.6 Å². The van der Waals surface area contributed by atoms with E-state index in [2.05, 4.69) is 4.74 Å². The third-order valence-corrected chi connectivity index (χ3v) is 2.18. The van der Waals surface area contributed by atoms with E-state index in [-0.39, 0.29) is 17.1 Å². The van der Waals surface area contributed by atoms with Gasteiger partial charge in [0.1, 0.15) is 0 Å². The smallest absolute Gasteiger partial charge is 0.346 e. The largest absolute Gasteiger partial charge is 0.476 e. The summed E-state index contributed by atoms with van der Waals surface area (Å²) in [5, 5.41) is 0. The predicted octanol–water partition coefficient (Wildman–Crippen LogP) is 1.97. The molecule has 0 aliphatic rings. The van der Waals surface area contributed by atoms with Gasteiger partial charge < -0.3 is 9.47 Å². The third kappa shape index (κ3) is 3.27. The molecule has 17 heavy (non-hydrogen) atoms. The predicted molar refractivity (Wildman–Crippen MR) is 58.5 cm³/mol. The Labute approximate surface area is 98.3 Å². The van der Waals surface area contributed by atoms with Gasteiger partial charge in [-0.1, -0.05) is 0 Å². The number of halogens is 1. The number of hydrogen-bond donors (Lipinski definition) is 0. The molecule has 1 aromatic rings. The van der Waals surface area contributed by atoms with Crippen LogP contribution in [0.15, 0.2) is 18.2 Å². The number of hydrogen-bond acceptors (Lipinski definition) is 4. The zero-order valence-corrected chi connectivity index (χ0v) is 9.82. The molecule has 0 spiro atoms. The zero-order valence-electron chi connectivity index (χ0n) is 9.82. The van der Waals surface area contributed by atoms with Crippen LogP contribution in [0.25, 0.3) is 0 Å². The van der Waals surface area contributed by atoms with Crippen molar-refractivity contribution in [3.05, 3.63) is 29.6 Å². The normalized spacial score (nSPS) is 11.8. The van der Waals surface area contributed by atoms with Crippen LogP contribution in [0.2, 0.25) is 0 Å². The maximum absolute atomic E-state index is 13.5. The molecule has 0 fully saturated rings. The van der Waals surface area contributed by atoms with Crippen LogP contribution in [0.1, 0.15) is 24.2 Å². The van der Waals surface area contributed by atoms with Crippen LogP contribution in [0.5, 0.6) is 5.75 Å². The van der Waals surface area contributed by atoms with Crippen molar-refractivity contribution in [2.75, 3.05) is 7.11 Å². The lowest BCUT2D eigenvalue weighted by molar-refractivity contribution is -0.148. The fraction of sp³-hybridized carbons (Fsp3) is 0.333. The van der Waals surface area contributed by atoms with Gasteiger partial charge in [0.15, 0.2) is 23.5 Å². The number of rotatable bonds is 4. The first kappa shape index (κ1) is 13.2. The Balaban J connectivity index is 2.86. The Morgan fingerprint density at radius 2 is 2.00 bits per heavy atom. The van der Waals surface area contributed by atoms with Crippen molar-refractivity contribution in [3.8, 4) is 5.75 Å². The fourth-order valence-electron chi connectivity index (χ4n) is 1.22. The molecule has 5 heteroatoms. The van der Waals surface area contributed by atoms with E-state index in [9.17, 15) is 14.0 Å². The number of carbonyl (C=O) groups excluding carboxylic acids is 2. The Hall–Kier alpha value is -1.91. The SMILES string of the molecule is COC(=O)C(C)Oc1ccc(C(C)=O)cc1F. The zero-order chi connectivity index (χ0) is 13.0. The summed E-state index contributed by atoms with van der Waals surface area (Å²) in [5.74, 6) is -1.61. The monoisotopic (exact) mass is 240 g/mol. The van der Waals surface area contributed by atoms with E-state index >= 15 is 0 Å². The highest BCUT2D eigenvalue weighted by Crippen LogP contribution is 2.20. The molecule has 0 saturated heterocycles. The van der Waals surface area contributed by atoms with Gasteiger partial charge >= 0.3 is 5.97 Å². The van der Waals surface area contributed by atoms with E-state index in [1.54, 1.807) is 0 Å². The van der Waals surface area contributed by atoms with E-state index in [0.717, 1.165) is 6.07 Å². The first-order valence-corrected chi connectivity index (χ1v) is 5.00. The third-order valence-electron chi connectivity index (χ3n) is 2.18. The molecule has 1 aromatic carbocycles. The van der Waals surface area contributed by atoms with E-state index in [4.69, 9.17) is 4.74 Å². The maximum atomic E-state index is 13.5. The Kier molecular flexibility index (Phi) is 4.20. The number of carbonyl (C=O) groups is 2. The molecule has 0 N–H and O–H groups in total. The summed E-state index contributed by atoms with van der Waals surface area (Å²) in [6.07, 6.45) is -0.905. The number of ketones is 1. The summed E-state index contributed by atoms with van der Waals surface area (Å²) in [6, 6.07) is 3.82. The second kappa shape index (κ2) is 5.43. The Morgan fingerprint density at radius 3 is 2.47 bits per heavy atom. The lowest BCUT2D eigenvalue weighted by atomic mass is 10.1. The van der Waals surface area contributed by atoms with Crippen LogP contribution in [-0.2, 0) is 9.53 Å². The lowest BCUT2D eigenvalue weighted by Crippen LogP contribution is -2.25. The summed E-state index contributed by atoms with van der Waals surface area (Å²) >= 11 is 0. The maximum Gasteiger partial charge on any atom is 0.346 e. The van der Waals surface area contributed by atoms with Crippen LogP contribution in [-0.4, -0.2) is 25.0 Å². The summed E-state index contributed by atoms with van der Waals surface area (Å²) in [4.78, 5) is 22.1. The average Bonchev–Trinajstić information content (AvgIpc) is 2.30. The summed E-state index contributed by atoms with van der Waals surface area (Å²) in [5.41, 5.74) is 0.251. The van der Waals surface area contributed by atoms with Gasteiger partial charge in [-0.2, -0.15) is 0 Å². The average molecular weight is 240 g/mol. The molecule has 0 aliphatic carbocycles. The van der Waals surface area contributed by atoms with Gasteiger partial charge in [-0.05, 0) is 32.0 Å². The number of esters is 1. The van der Waals surface area contributed by atoms with Crippen LogP contribution in [0.4, 0.5) is 4.39 Å². The van der Waals surface area contributed by atoms with Gasteiger partial charge in [-0.3, -0.25) is 4.79 Å². The van der Waals surface area contributed by atoms with E-state index in [1.807, 2.05) is 0 Å². The summed E-state index contributed by atoms with van der Waals surface area (Å²) in [6.45, 7) is 2.79. The Bertz CT molecular complexity index is 442. The number of methoxy groups -OCH3 is 1. The first-order valence-electron chi connectivity index (χ1n) is 5.00. The molecule has 92 valence electrons. The highest BCUT2D eigenvalue weighted by molar-refractivity contribution is 5.94. The molecule has 0 amide bonds. The summed E-state index contributed by atoms with van der Waals surface area (Å²) in [7, 11) is 1.22. The Morgan fingerprint density at radius 1 is 1.35 bits per heavy atom. The van der Waals surface area contributed by atoms with Gasteiger partial charge in [0, 0.05) is 5.56 Å². The van der Waals surface area contributed by atoms with E-state index in [0.29, 0.717) is 0 Å². The quantitative estimate of drug-likeness (QED) is 0.596. The molecule has 1 rings (SSSR count). The van der Waals surface area contributed by atoms with Crippen LogP contribution < -0.4 is 4.74 Å². The molecule has 4 nitrogen and oxygen atoms in total. The van der Waals surface area contributed by atoms with Gasteiger partial charge in [0.25, 0.3) is 0 Å². The minimum atomic E-state index is -0.905. The minimum Gasteiger partial charge on any atom is -0.476 e. The van der Waals surface area contributed by atoms with Crippen molar-refractivity contribution >= 4 is 11.8 Å². The number of benzene rings is 1. The van der Waals surface area contributed by atoms with Gasteiger partial charge in [0.05, 0.1) is 7.11 Å². The number of ether oxygens (including phenoxy) is 2. The van der Waals surface area contributed by atoms with Gasteiger partial charge in [-0.25, -0.2) is 9.18 Å². The van der Waals surface area contributed by atoms with Crippen LogP contribution in [0.3, 0.4) is 0 Å². The van der Waals surface area contributed by atoms with E-state index < -0.39 is 17.9 Å². The lowest BCUT2D eigenvalue weighted by Gasteiger charge is -2.13. The first-order chi connectivity index (χ1) is 7.95. The summed E-state index contributed by atoms with van der Waals surface area (Å²) < 4.78 is 23.0. The molecule has 0 radical (unpaired) electrons. The fourth-order valence-corrected chi connectivity index (χ4v) is 1.22. The highest BCUT2D eigenvalue weighted by atomic mass is 19.1. The van der Waals surface area contributed by atoms with Gasteiger partial charge in [-0.15, -0.1) is 0 Å². The molecular formula is C12H13FO4. The molecule has 0 heterocycles. The standard InChI is InChI=1S/C12H13FO4/c1-7(14)9-4-5-11(10(13)6-9)17-8(2)12(15)16-3/h4-6,8H,1-3H3. The molecule has 1 unspecified atom stereocenters. The second-order valence-corrected chi connectivity index (χ2v) is 3.48. The van der Waals surface area contributed by atoms with Crippen molar-refractivity contribution in [1.29, 1.82) is 0 Å². The minimum absolute atomic E-state index is 0.0899. The van der Waals surface area contributed by atoms with Gasteiger partial charge in [0.2, 0.25) is 0 Å². The van der Waals surface area contributed by atoms with E-state index in [1.165, 1.54) is 33.1 Å². The molecule has 0 bridgehead atoms. The van der Waals surface area contributed by atoms with Crippen molar-refractivity contribution in [2.24, 2.45) is 0 Å². The van der Waals surface area contributed by atoms with Crippen molar-refractivity contribution in [2.45, 2.75) is 20.0 Å².